The number of nitrogens with zero attached hydrogens (tertiary/aromatic N) is 3. The first-order valence-electron chi connectivity index (χ1n) is 17.0. The van der Waals surface area contributed by atoms with E-state index in [9.17, 15) is 24.0 Å². The standard InChI is InChI=1S/C37H49N7O6/c1-23(2)20-27-22-50-31-15-11-10-14-29(31)35(47)40-30(36(48)38-19-18-28-24(3)42-44(6)25(28)4)16-17-32(45)41-34(26-12-8-7-9-13-26)37(49)43(5)21-33(46)39-27/h7-15,23,27,30,34H,16-22H2,1-6H3,(H,38,48)(H,39,46)(H,40,47)(H,41,45)/t27-,30-,34-/m0/s1. The Morgan fingerprint density at radius 2 is 1.66 bits per heavy atom. The molecule has 0 spiro atoms. The lowest BCUT2D eigenvalue weighted by atomic mass is 10.0. The molecule has 5 amide bonds. The summed E-state index contributed by atoms with van der Waals surface area (Å²) in [5.74, 6) is -1.87. The Labute approximate surface area is 293 Å². The fourth-order valence-corrected chi connectivity index (χ4v) is 6.05. The summed E-state index contributed by atoms with van der Waals surface area (Å²) < 4.78 is 7.90. The first-order chi connectivity index (χ1) is 23.8. The molecule has 50 heavy (non-hydrogen) atoms. The van der Waals surface area contributed by atoms with Crippen molar-refractivity contribution in [1.82, 2.24) is 35.9 Å². The van der Waals surface area contributed by atoms with E-state index in [0.29, 0.717) is 24.9 Å². The molecule has 13 nitrogen and oxygen atoms in total. The number of hydrogen-bond donors (Lipinski definition) is 4. The summed E-state index contributed by atoms with van der Waals surface area (Å²) in [6.07, 6.45) is 0.912. The minimum Gasteiger partial charge on any atom is -0.491 e. The quantitative estimate of drug-likeness (QED) is 0.297. The number of rotatable bonds is 7. The van der Waals surface area contributed by atoms with Gasteiger partial charge in [0.15, 0.2) is 0 Å². The van der Waals surface area contributed by atoms with Gasteiger partial charge in [-0.25, -0.2) is 0 Å². The van der Waals surface area contributed by atoms with Crippen LogP contribution in [0.1, 0.15) is 72.0 Å². The summed E-state index contributed by atoms with van der Waals surface area (Å²) in [7, 11) is 3.38. The fraction of sp³-hybridized carbons (Fsp3) is 0.459. The van der Waals surface area contributed by atoms with Crippen molar-refractivity contribution in [3.05, 3.63) is 82.7 Å². The number of ether oxygens (including phenoxy) is 1. The molecule has 0 radical (unpaired) electrons. The van der Waals surface area contributed by atoms with Gasteiger partial charge in [0.25, 0.3) is 5.91 Å². The maximum Gasteiger partial charge on any atom is 0.255 e. The molecule has 0 saturated carbocycles. The van der Waals surface area contributed by atoms with E-state index < -0.39 is 41.8 Å². The number of benzene rings is 2. The van der Waals surface area contributed by atoms with E-state index >= 15 is 0 Å². The summed E-state index contributed by atoms with van der Waals surface area (Å²) in [5, 5.41) is 15.9. The third kappa shape index (κ3) is 10.2. The second kappa shape index (κ2) is 17.5. The molecular weight excluding hydrogens is 638 g/mol. The highest BCUT2D eigenvalue weighted by Gasteiger charge is 2.30. The Morgan fingerprint density at radius 3 is 2.34 bits per heavy atom. The predicted molar refractivity (Wildman–Crippen MR) is 188 cm³/mol. The number of aryl methyl sites for hydroxylation is 2. The number of amides is 5. The van der Waals surface area contributed by atoms with Crippen molar-refractivity contribution in [1.29, 1.82) is 0 Å². The van der Waals surface area contributed by atoms with Gasteiger partial charge in [0.2, 0.25) is 23.6 Å². The van der Waals surface area contributed by atoms with Crippen molar-refractivity contribution in [2.24, 2.45) is 13.0 Å². The Balaban J connectivity index is 1.62. The van der Waals surface area contributed by atoms with Crippen LogP contribution in [0.15, 0.2) is 54.6 Å². The largest absolute Gasteiger partial charge is 0.491 e. The van der Waals surface area contributed by atoms with Crippen LogP contribution in [0.2, 0.25) is 0 Å². The third-order valence-corrected chi connectivity index (χ3v) is 8.75. The topological polar surface area (TPSA) is 164 Å². The van der Waals surface area contributed by atoms with Gasteiger partial charge in [0, 0.05) is 32.8 Å². The summed E-state index contributed by atoms with van der Waals surface area (Å²) >= 11 is 0. The molecule has 0 unspecified atom stereocenters. The minimum atomic E-state index is -1.07. The van der Waals surface area contributed by atoms with Gasteiger partial charge in [0.05, 0.1) is 23.8 Å². The number of nitrogens with one attached hydrogen (secondary N) is 4. The minimum absolute atomic E-state index is 0.0399. The van der Waals surface area contributed by atoms with Gasteiger partial charge < -0.3 is 30.9 Å². The maximum absolute atomic E-state index is 13.7. The van der Waals surface area contributed by atoms with Crippen molar-refractivity contribution < 1.29 is 28.7 Å². The van der Waals surface area contributed by atoms with Crippen molar-refractivity contribution in [3.8, 4) is 5.75 Å². The zero-order chi connectivity index (χ0) is 36.4. The molecule has 0 aliphatic carbocycles. The van der Waals surface area contributed by atoms with E-state index in [4.69, 9.17) is 4.74 Å². The molecule has 3 aromatic rings. The van der Waals surface area contributed by atoms with Gasteiger partial charge >= 0.3 is 0 Å². The van der Waals surface area contributed by atoms with Crippen molar-refractivity contribution in [2.75, 3.05) is 26.7 Å². The molecule has 0 saturated heterocycles. The molecule has 3 atom stereocenters. The van der Waals surface area contributed by atoms with Crippen LogP contribution in [0.25, 0.3) is 0 Å². The summed E-state index contributed by atoms with van der Waals surface area (Å²) in [5.41, 5.74) is 3.65. The van der Waals surface area contributed by atoms with Gasteiger partial charge in [0.1, 0.15) is 24.4 Å². The Hall–Kier alpha value is -5.20. The molecule has 1 aliphatic rings. The fourth-order valence-electron chi connectivity index (χ4n) is 6.05. The van der Waals surface area contributed by atoms with Crippen molar-refractivity contribution in [2.45, 2.75) is 71.5 Å². The van der Waals surface area contributed by atoms with Gasteiger partial charge in [-0.2, -0.15) is 5.10 Å². The molecular formula is C37H49N7O6. The van der Waals surface area contributed by atoms with E-state index in [1.54, 1.807) is 59.3 Å². The Kier molecular flexibility index (Phi) is 13.1. The highest BCUT2D eigenvalue weighted by Crippen LogP contribution is 2.21. The van der Waals surface area contributed by atoms with Crippen LogP contribution in [0.4, 0.5) is 0 Å². The average Bonchev–Trinajstić information content (AvgIpc) is 3.32. The van der Waals surface area contributed by atoms with Crippen LogP contribution in [-0.2, 0) is 32.6 Å². The number of hydrogen-bond acceptors (Lipinski definition) is 7. The van der Waals surface area contributed by atoms with Crippen molar-refractivity contribution in [3.63, 3.8) is 0 Å². The lowest BCUT2D eigenvalue weighted by Gasteiger charge is -2.27. The van der Waals surface area contributed by atoms with E-state index in [1.165, 1.54) is 11.9 Å². The van der Waals surface area contributed by atoms with E-state index in [0.717, 1.165) is 17.0 Å². The highest BCUT2D eigenvalue weighted by molar-refractivity contribution is 6.00. The molecule has 4 N–H and O–H groups in total. The molecule has 13 heteroatoms. The first-order valence-corrected chi connectivity index (χ1v) is 17.0. The van der Waals surface area contributed by atoms with Crippen LogP contribution in [0.5, 0.6) is 5.75 Å². The SMILES string of the molecule is Cc1nn(C)c(C)c1CCNC(=O)[C@@H]1CCC(=O)N[C@@H](c2ccccc2)C(=O)N(C)CC(=O)N[C@@H](CC(C)C)COc2ccccc2C(=O)N1. The second-order valence-electron chi connectivity index (χ2n) is 13.2. The van der Waals surface area contributed by atoms with Crippen LogP contribution in [0, 0.1) is 19.8 Å². The number of carbonyl (C=O) groups excluding carboxylic acids is 5. The number of fused-ring (bicyclic) bond motifs is 1. The summed E-state index contributed by atoms with van der Waals surface area (Å²) in [6.45, 7) is 8.05. The highest BCUT2D eigenvalue weighted by atomic mass is 16.5. The van der Waals surface area contributed by atoms with E-state index in [1.807, 2.05) is 34.7 Å². The number of likely N-dealkylation sites (N-methyl/N-ethyl adjacent to an activating group) is 1. The van der Waals surface area contributed by atoms with Gasteiger partial charge in [-0.05, 0) is 62.3 Å². The monoisotopic (exact) mass is 687 g/mol. The molecule has 268 valence electrons. The maximum atomic E-state index is 13.7. The van der Waals surface area contributed by atoms with Crippen LogP contribution in [-0.4, -0.2) is 83.0 Å². The molecule has 2 heterocycles. The summed E-state index contributed by atoms with van der Waals surface area (Å²) in [6, 6.07) is 12.9. The normalized spacial score (nSPS) is 19.7. The number of para-hydroxylation sites is 1. The van der Waals surface area contributed by atoms with Crippen LogP contribution >= 0.6 is 0 Å². The average molecular weight is 688 g/mol. The second-order valence-corrected chi connectivity index (χ2v) is 13.2. The van der Waals surface area contributed by atoms with Crippen LogP contribution < -0.4 is 26.0 Å². The lowest BCUT2D eigenvalue weighted by Crippen LogP contribution is -2.49. The lowest BCUT2D eigenvalue weighted by molar-refractivity contribution is -0.138. The van der Waals surface area contributed by atoms with Crippen molar-refractivity contribution >= 4 is 29.5 Å². The molecule has 0 bridgehead atoms. The van der Waals surface area contributed by atoms with Gasteiger partial charge in [-0.1, -0.05) is 56.3 Å². The van der Waals surface area contributed by atoms with E-state index in [2.05, 4.69) is 26.4 Å². The number of carbonyl (C=O) groups is 5. The predicted octanol–water partition coefficient (Wildman–Crippen LogP) is 2.51. The summed E-state index contributed by atoms with van der Waals surface area (Å²) in [4.78, 5) is 68.9. The van der Waals surface area contributed by atoms with Crippen LogP contribution in [0.3, 0.4) is 0 Å². The zero-order valence-electron chi connectivity index (χ0n) is 29.7. The molecule has 1 aliphatic heterocycles. The smallest absolute Gasteiger partial charge is 0.255 e. The van der Waals surface area contributed by atoms with Gasteiger partial charge in [-0.15, -0.1) is 0 Å². The number of aromatic nitrogens is 2. The zero-order valence-corrected chi connectivity index (χ0v) is 29.7. The van der Waals surface area contributed by atoms with Gasteiger partial charge in [-0.3, -0.25) is 28.7 Å². The Morgan fingerprint density at radius 1 is 0.960 bits per heavy atom. The van der Waals surface area contributed by atoms with E-state index in [-0.39, 0.29) is 49.1 Å². The first kappa shape index (κ1) is 37.6. The molecule has 4 rings (SSSR count). The molecule has 0 fully saturated rings. The third-order valence-electron chi connectivity index (χ3n) is 8.75. The molecule has 2 aromatic carbocycles. The molecule has 1 aromatic heterocycles. The Bertz CT molecular complexity index is 1670.